The predicted octanol–water partition coefficient (Wildman–Crippen LogP) is 5.35. The summed E-state index contributed by atoms with van der Waals surface area (Å²) in [7, 11) is 0. The maximum absolute atomic E-state index is 11.4. The van der Waals surface area contributed by atoms with Crippen LogP contribution < -0.4 is 15.0 Å². The van der Waals surface area contributed by atoms with Crippen LogP contribution in [0.15, 0.2) is 30.6 Å². The van der Waals surface area contributed by atoms with Crippen LogP contribution in [0.3, 0.4) is 0 Å². The second-order valence-corrected chi connectivity index (χ2v) is 9.20. The molecule has 0 saturated carbocycles. The molecule has 2 aromatic rings. The molecule has 0 aliphatic heterocycles. The number of rotatable bonds is 14. The summed E-state index contributed by atoms with van der Waals surface area (Å²) in [5.74, 6) is -0.911. The highest BCUT2D eigenvalue weighted by Gasteiger charge is 2.26. The number of carboxylic acids is 1. The highest BCUT2D eigenvalue weighted by molar-refractivity contribution is 5.77. The first-order valence-corrected chi connectivity index (χ1v) is 12.2. The fraction of sp³-hybridized carbons (Fsp3) is 0.577. The predicted molar refractivity (Wildman–Crippen MR) is 136 cm³/mol. The summed E-state index contributed by atoms with van der Waals surface area (Å²) in [5, 5.41) is 23.5. The van der Waals surface area contributed by atoms with Crippen LogP contribution in [-0.2, 0) is 4.79 Å². The number of carbonyl (C=O) groups is 1. The van der Waals surface area contributed by atoms with E-state index in [4.69, 9.17) is 4.74 Å². The Bertz CT molecular complexity index is 908. The molecular formula is C26H40N4O4. The Balaban J connectivity index is 2.56. The molecule has 0 fully saturated rings. The van der Waals surface area contributed by atoms with Crippen molar-refractivity contribution in [2.75, 3.05) is 23.4 Å². The van der Waals surface area contributed by atoms with Crippen LogP contribution in [0.2, 0.25) is 0 Å². The molecule has 0 spiro atoms. The van der Waals surface area contributed by atoms with Gasteiger partial charge in [0.25, 0.3) is 0 Å². The van der Waals surface area contributed by atoms with Crippen molar-refractivity contribution >= 4 is 23.0 Å². The van der Waals surface area contributed by atoms with E-state index in [-0.39, 0.29) is 18.4 Å². The number of anilines is 3. The largest absolute Gasteiger partial charge is 0.481 e. The van der Waals surface area contributed by atoms with Crippen molar-refractivity contribution < 1.29 is 19.7 Å². The van der Waals surface area contributed by atoms with Gasteiger partial charge >= 0.3 is 12.0 Å². The van der Waals surface area contributed by atoms with Gasteiger partial charge in [-0.05, 0) is 63.6 Å². The third-order valence-electron chi connectivity index (χ3n) is 5.84. The molecule has 188 valence electrons. The van der Waals surface area contributed by atoms with E-state index >= 15 is 0 Å². The first-order valence-electron chi connectivity index (χ1n) is 12.2. The van der Waals surface area contributed by atoms with Gasteiger partial charge in [0.05, 0.1) is 48.1 Å². The summed E-state index contributed by atoms with van der Waals surface area (Å²) in [6.45, 7) is 12.7. The molecule has 0 amide bonds. The molecule has 0 radical (unpaired) electrons. The van der Waals surface area contributed by atoms with Gasteiger partial charge < -0.3 is 25.2 Å². The van der Waals surface area contributed by atoms with Gasteiger partial charge in [0.15, 0.2) is 0 Å². The molecular weight excluding hydrogens is 432 g/mol. The molecule has 1 aromatic carbocycles. The molecule has 1 atom stereocenters. The van der Waals surface area contributed by atoms with Crippen LogP contribution >= 0.6 is 0 Å². The van der Waals surface area contributed by atoms with Crippen LogP contribution in [-0.4, -0.2) is 50.9 Å². The summed E-state index contributed by atoms with van der Waals surface area (Å²) in [4.78, 5) is 22.2. The van der Waals surface area contributed by atoms with E-state index in [1.54, 1.807) is 12.4 Å². The molecule has 3 N–H and O–H groups in total. The van der Waals surface area contributed by atoms with Gasteiger partial charge in [0.1, 0.15) is 0 Å². The Hall–Kier alpha value is -2.87. The van der Waals surface area contributed by atoms with Crippen molar-refractivity contribution in [1.82, 2.24) is 9.97 Å². The lowest BCUT2D eigenvalue weighted by molar-refractivity contribution is -0.137. The number of hydrogen-bond acceptors (Lipinski definition) is 7. The minimum absolute atomic E-state index is 0.0708. The van der Waals surface area contributed by atoms with Gasteiger partial charge in [0, 0.05) is 12.6 Å². The van der Waals surface area contributed by atoms with E-state index in [1.807, 2.05) is 45.9 Å². The highest BCUT2D eigenvalue weighted by atomic mass is 16.5. The van der Waals surface area contributed by atoms with E-state index < -0.39 is 11.6 Å². The smallest absolute Gasteiger partial charge is 0.316 e. The zero-order chi connectivity index (χ0) is 25.3. The zero-order valence-electron chi connectivity index (χ0n) is 21.3. The number of benzene rings is 1. The monoisotopic (exact) mass is 472 g/mol. The molecule has 0 unspecified atom stereocenters. The lowest BCUT2D eigenvalue weighted by atomic mass is 9.92. The fourth-order valence-electron chi connectivity index (χ4n) is 4.16. The summed E-state index contributed by atoms with van der Waals surface area (Å²) in [6.07, 6.45) is 5.98. The maximum Gasteiger partial charge on any atom is 0.316 e. The number of carboxylic acid groups (broad SMARTS) is 1. The molecule has 1 aromatic heterocycles. The van der Waals surface area contributed by atoms with Crippen LogP contribution in [0.25, 0.3) is 0 Å². The molecule has 1 heterocycles. The number of aromatic nitrogens is 2. The van der Waals surface area contributed by atoms with Gasteiger partial charge in [-0.15, -0.1) is 0 Å². The molecule has 8 heteroatoms. The molecule has 8 nitrogen and oxygen atoms in total. The van der Waals surface area contributed by atoms with Gasteiger partial charge in [-0.1, -0.05) is 26.8 Å². The SMILES string of the molecule is CCOc1ncc(Nc2cc([C@@H](CC)CC(=O)O)ccc2N(CC(C)(C)O)C(CC)CC)cn1. The Morgan fingerprint density at radius 1 is 1.12 bits per heavy atom. The van der Waals surface area contributed by atoms with Crippen molar-refractivity contribution in [2.45, 2.75) is 84.8 Å². The molecule has 34 heavy (non-hydrogen) atoms. The standard InChI is InChI=1S/C26H40N4O4/c1-7-18(14-24(31)32)19-11-12-23(30(17-26(5,6)33)21(8-2)9-3)22(13-19)29-20-15-27-25(28-16-20)34-10-4/h11-13,15-16,18,21,29,33H,7-10,14,17H2,1-6H3,(H,31,32)/t18-/m0/s1. The fourth-order valence-corrected chi connectivity index (χ4v) is 4.16. The zero-order valence-corrected chi connectivity index (χ0v) is 21.3. The van der Waals surface area contributed by atoms with Crippen LogP contribution in [0.1, 0.15) is 78.7 Å². The summed E-state index contributed by atoms with van der Waals surface area (Å²) in [6, 6.07) is 6.60. The molecule has 0 aliphatic carbocycles. The van der Waals surface area contributed by atoms with Gasteiger partial charge in [0.2, 0.25) is 0 Å². The minimum Gasteiger partial charge on any atom is -0.481 e. The average molecular weight is 473 g/mol. The third-order valence-corrected chi connectivity index (χ3v) is 5.84. The first kappa shape index (κ1) is 27.4. The normalized spacial score (nSPS) is 12.5. The Labute approximate surface area is 203 Å². The molecule has 0 aliphatic rings. The Morgan fingerprint density at radius 2 is 1.76 bits per heavy atom. The van der Waals surface area contributed by atoms with Crippen molar-refractivity contribution in [3.63, 3.8) is 0 Å². The van der Waals surface area contributed by atoms with Crippen molar-refractivity contribution in [1.29, 1.82) is 0 Å². The second kappa shape index (κ2) is 12.6. The highest BCUT2D eigenvalue weighted by Crippen LogP contribution is 2.36. The van der Waals surface area contributed by atoms with Crippen LogP contribution in [0.5, 0.6) is 6.01 Å². The molecule has 2 rings (SSSR count). The minimum atomic E-state index is -0.893. The van der Waals surface area contributed by atoms with Gasteiger partial charge in [-0.3, -0.25) is 4.79 Å². The number of ether oxygens (including phenoxy) is 1. The van der Waals surface area contributed by atoms with Crippen LogP contribution in [0, 0.1) is 0 Å². The number of aliphatic hydroxyl groups is 1. The van der Waals surface area contributed by atoms with Crippen molar-refractivity contribution in [2.24, 2.45) is 0 Å². The van der Waals surface area contributed by atoms with Crippen molar-refractivity contribution in [3.8, 4) is 6.01 Å². The number of aliphatic carboxylic acids is 1. The number of nitrogens with one attached hydrogen (secondary N) is 1. The summed E-state index contributed by atoms with van der Waals surface area (Å²) >= 11 is 0. The Kier molecular flexibility index (Phi) is 10.1. The summed E-state index contributed by atoms with van der Waals surface area (Å²) < 4.78 is 5.35. The molecule has 0 saturated heterocycles. The van der Waals surface area contributed by atoms with Crippen molar-refractivity contribution in [3.05, 3.63) is 36.2 Å². The second-order valence-electron chi connectivity index (χ2n) is 9.20. The van der Waals surface area contributed by atoms with Crippen LogP contribution in [0.4, 0.5) is 17.1 Å². The lowest BCUT2D eigenvalue weighted by Crippen LogP contribution is -2.44. The first-order chi connectivity index (χ1) is 16.1. The lowest BCUT2D eigenvalue weighted by Gasteiger charge is -2.38. The molecule has 0 bridgehead atoms. The van der Waals surface area contributed by atoms with E-state index in [1.165, 1.54) is 0 Å². The van der Waals surface area contributed by atoms with Gasteiger partial charge in [-0.25, -0.2) is 9.97 Å². The Morgan fingerprint density at radius 3 is 2.26 bits per heavy atom. The average Bonchev–Trinajstić information content (AvgIpc) is 2.78. The number of hydrogen-bond donors (Lipinski definition) is 3. The van der Waals surface area contributed by atoms with E-state index in [0.717, 1.165) is 36.2 Å². The van der Waals surface area contributed by atoms with Gasteiger partial charge in [-0.2, -0.15) is 0 Å². The number of nitrogens with zero attached hydrogens (tertiary/aromatic N) is 3. The van der Waals surface area contributed by atoms with E-state index in [9.17, 15) is 15.0 Å². The maximum atomic E-state index is 11.4. The van der Waals surface area contributed by atoms with E-state index in [0.29, 0.717) is 24.8 Å². The summed E-state index contributed by atoms with van der Waals surface area (Å²) in [5.41, 5.74) is 2.52. The topological polar surface area (TPSA) is 108 Å². The quantitative estimate of drug-likeness (QED) is 0.338. The third kappa shape index (κ3) is 7.87. The van der Waals surface area contributed by atoms with E-state index in [2.05, 4.69) is 34.0 Å².